The molecule has 1 nitrogen and oxygen atoms in total. The zero-order valence-electron chi connectivity index (χ0n) is 12.5. The van der Waals surface area contributed by atoms with Gasteiger partial charge in [0, 0.05) is 11.8 Å². The van der Waals surface area contributed by atoms with Crippen LogP contribution in [0.3, 0.4) is 0 Å². The van der Waals surface area contributed by atoms with E-state index in [2.05, 4.69) is 13.5 Å². The molecule has 1 rings (SSSR count). The highest BCUT2D eigenvalue weighted by molar-refractivity contribution is 5.90. The SMILES string of the molecule is C=C1[C@H](C(=O)C(C)C)[C@H]1CCCCCCCCC. The summed E-state index contributed by atoms with van der Waals surface area (Å²) in [5, 5.41) is 0. The molecule has 0 aromatic carbocycles. The maximum Gasteiger partial charge on any atom is 0.143 e. The van der Waals surface area contributed by atoms with Crippen molar-refractivity contribution in [2.24, 2.45) is 17.8 Å². The monoisotopic (exact) mass is 250 g/mol. The third-order valence-corrected chi connectivity index (χ3v) is 4.16. The average Bonchev–Trinajstić information content (AvgIpc) is 2.97. The van der Waals surface area contributed by atoms with E-state index in [1.165, 1.54) is 56.9 Å². The van der Waals surface area contributed by atoms with E-state index in [1.807, 2.05) is 13.8 Å². The van der Waals surface area contributed by atoms with Crippen LogP contribution < -0.4 is 0 Å². The Labute approximate surface area is 113 Å². The molecule has 0 bridgehead atoms. The molecule has 104 valence electrons. The van der Waals surface area contributed by atoms with Gasteiger partial charge in [0.1, 0.15) is 5.78 Å². The number of carbonyl (C=O) groups excluding carboxylic acids is 1. The molecule has 0 saturated heterocycles. The van der Waals surface area contributed by atoms with Crippen LogP contribution in [-0.4, -0.2) is 5.78 Å². The molecule has 0 aromatic heterocycles. The zero-order valence-corrected chi connectivity index (χ0v) is 12.5. The lowest BCUT2D eigenvalue weighted by molar-refractivity contribution is -0.123. The standard InChI is InChI=1S/C17H30O/c1-5-6-7-8-9-10-11-12-15-14(4)16(15)17(18)13(2)3/h13,15-16H,4-12H2,1-3H3/t15-,16-/m0/s1. The van der Waals surface area contributed by atoms with Crippen LogP contribution in [-0.2, 0) is 4.79 Å². The Bertz CT molecular complexity index is 277. The highest BCUT2D eigenvalue weighted by Gasteiger charge is 2.46. The predicted octanol–water partition coefficient (Wildman–Crippen LogP) is 5.15. The first-order chi connectivity index (χ1) is 8.59. The van der Waals surface area contributed by atoms with E-state index in [9.17, 15) is 4.79 Å². The van der Waals surface area contributed by atoms with Crippen molar-refractivity contribution in [1.82, 2.24) is 0 Å². The molecule has 0 aromatic rings. The Hall–Kier alpha value is -0.590. The second kappa shape index (κ2) is 7.76. The van der Waals surface area contributed by atoms with E-state index < -0.39 is 0 Å². The number of allylic oxidation sites excluding steroid dienone is 1. The van der Waals surface area contributed by atoms with Crippen LogP contribution in [0.15, 0.2) is 12.2 Å². The van der Waals surface area contributed by atoms with Crippen molar-refractivity contribution in [3.63, 3.8) is 0 Å². The number of Topliss-reactive ketones (excluding diaryl/α,β-unsaturated/α-hetero) is 1. The first-order valence-corrected chi connectivity index (χ1v) is 7.82. The molecule has 1 aliphatic rings. The van der Waals surface area contributed by atoms with E-state index >= 15 is 0 Å². The van der Waals surface area contributed by atoms with E-state index in [4.69, 9.17) is 0 Å². The van der Waals surface area contributed by atoms with E-state index in [0.717, 1.165) is 0 Å². The fourth-order valence-corrected chi connectivity index (χ4v) is 2.79. The molecular formula is C17H30O. The normalized spacial score (nSPS) is 22.6. The van der Waals surface area contributed by atoms with Crippen LogP contribution in [0.25, 0.3) is 0 Å². The summed E-state index contributed by atoms with van der Waals surface area (Å²) < 4.78 is 0. The van der Waals surface area contributed by atoms with Crippen LogP contribution in [0.1, 0.15) is 72.1 Å². The molecule has 0 aliphatic heterocycles. The van der Waals surface area contributed by atoms with Crippen molar-refractivity contribution in [2.75, 3.05) is 0 Å². The Balaban J connectivity index is 2.04. The number of hydrogen-bond acceptors (Lipinski definition) is 1. The van der Waals surface area contributed by atoms with Crippen molar-refractivity contribution in [3.8, 4) is 0 Å². The topological polar surface area (TPSA) is 17.1 Å². The number of ketones is 1. The molecule has 1 fully saturated rings. The molecule has 0 radical (unpaired) electrons. The average molecular weight is 250 g/mol. The molecule has 18 heavy (non-hydrogen) atoms. The van der Waals surface area contributed by atoms with Gasteiger partial charge in [-0.05, 0) is 12.3 Å². The maximum atomic E-state index is 11.9. The fourth-order valence-electron chi connectivity index (χ4n) is 2.79. The van der Waals surface area contributed by atoms with Crippen molar-refractivity contribution in [2.45, 2.75) is 72.1 Å². The van der Waals surface area contributed by atoms with Gasteiger partial charge in [-0.15, -0.1) is 0 Å². The Morgan fingerprint density at radius 1 is 1.11 bits per heavy atom. The lowest BCUT2D eigenvalue weighted by Gasteiger charge is -2.03. The van der Waals surface area contributed by atoms with E-state index in [-0.39, 0.29) is 11.8 Å². The highest BCUT2D eigenvalue weighted by Crippen LogP contribution is 2.49. The van der Waals surface area contributed by atoms with Crippen molar-refractivity contribution >= 4 is 5.78 Å². The third kappa shape index (κ3) is 4.59. The van der Waals surface area contributed by atoms with Crippen LogP contribution in [0, 0.1) is 17.8 Å². The molecule has 0 amide bonds. The summed E-state index contributed by atoms with van der Waals surface area (Å²) in [7, 11) is 0. The molecule has 0 spiro atoms. The molecule has 0 heterocycles. The summed E-state index contributed by atoms with van der Waals surface area (Å²) in [5.41, 5.74) is 1.21. The summed E-state index contributed by atoms with van der Waals surface area (Å²) in [6.45, 7) is 10.3. The van der Waals surface area contributed by atoms with Crippen molar-refractivity contribution in [3.05, 3.63) is 12.2 Å². The van der Waals surface area contributed by atoms with Crippen LogP contribution in [0.2, 0.25) is 0 Å². The summed E-state index contributed by atoms with van der Waals surface area (Å²) in [6, 6.07) is 0. The molecule has 1 heteroatoms. The second-order valence-electron chi connectivity index (χ2n) is 6.13. The Kier molecular flexibility index (Phi) is 6.67. The molecule has 0 unspecified atom stereocenters. The summed E-state index contributed by atoms with van der Waals surface area (Å²) in [4.78, 5) is 11.9. The second-order valence-corrected chi connectivity index (χ2v) is 6.13. The molecule has 0 N–H and O–H groups in total. The molecule has 1 aliphatic carbocycles. The van der Waals surface area contributed by atoms with Gasteiger partial charge >= 0.3 is 0 Å². The predicted molar refractivity (Wildman–Crippen MR) is 78.6 cm³/mol. The van der Waals surface area contributed by atoms with Gasteiger partial charge < -0.3 is 0 Å². The lowest BCUT2D eigenvalue weighted by atomic mass is 10.0. The largest absolute Gasteiger partial charge is 0.299 e. The van der Waals surface area contributed by atoms with Crippen molar-refractivity contribution in [1.29, 1.82) is 0 Å². The minimum atomic E-state index is 0.172. The highest BCUT2D eigenvalue weighted by atomic mass is 16.1. The number of carbonyl (C=O) groups is 1. The summed E-state index contributed by atoms with van der Waals surface area (Å²) in [5.74, 6) is 1.32. The molecular weight excluding hydrogens is 220 g/mol. The van der Waals surface area contributed by atoms with Crippen molar-refractivity contribution < 1.29 is 4.79 Å². The van der Waals surface area contributed by atoms with Gasteiger partial charge in [0.25, 0.3) is 0 Å². The van der Waals surface area contributed by atoms with Gasteiger partial charge in [-0.3, -0.25) is 4.79 Å². The van der Waals surface area contributed by atoms with Gasteiger partial charge in [-0.25, -0.2) is 0 Å². The van der Waals surface area contributed by atoms with Crippen LogP contribution in [0.4, 0.5) is 0 Å². The molecule has 2 atom stereocenters. The van der Waals surface area contributed by atoms with E-state index in [0.29, 0.717) is 11.7 Å². The van der Waals surface area contributed by atoms with Crippen LogP contribution in [0.5, 0.6) is 0 Å². The summed E-state index contributed by atoms with van der Waals surface area (Å²) in [6.07, 6.45) is 10.6. The van der Waals surface area contributed by atoms with Gasteiger partial charge in [-0.2, -0.15) is 0 Å². The summed E-state index contributed by atoms with van der Waals surface area (Å²) >= 11 is 0. The molecule has 1 saturated carbocycles. The number of rotatable bonds is 10. The number of hydrogen-bond donors (Lipinski definition) is 0. The quantitative estimate of drug-likeness (QED) is 0.387. The van der Waals surface area contributed by atoms with Gasteiger partial charge in [0.05, 0.1) is 0 Å². The fraction of sp³-hybridized carbons (Fsp3) is 0.824. The Morgan fingerprint density at radius 2 is 1.67 bits per heavy atom. The smallest absolute Gasteiger partial charge is 0.143 e. The van der Waals surface area contributed by atoms with Gasteiger partial charge in [-0.1, -0.05) is 77.9 Å². The third-order valence-electron chi connectivity index (χ3n) is 4.16. The van der Waals surface area contributed by atoms with E-state index in [1.54, 1.807) is 0 Å². The minimum absolute atomic E-state index is 0.172. The first kappa shape index (κ1) is 15.5. The zero-order chi connectivity index (χ0) is 13.5. The minimum Gasteiger partial charge on any atom is -0.299 e. The van der Waals surface area contributed by atoms with Gasteiger partial charge in [0.2, 0.25) is 0 Å². The van der Waals surface area contributed by atoms with Gasteiger partial charge in [0.15, 0.2) is 0 Å². The Morgan fingerprint density at radius 3 is 2.22 bits per heavy atom. The lowest BCUT2D eigenvalue weighted by Crippen LogP contribution is -2.10. The first-order valence-electron chi connectivity index (χ1n) is 7.82. The maximum absolute atomic E-state index is 11.9. The number of unbranched alkanes of at least 4 members (excludes halogenated alkanes) is 6. The van der Waals surface area contributed by atoms with Crippen LogP contribution >= 0.6 is 0 Å².